The zero-order valence-corrected chi connectivity index (χ0v) is 14.4. The van der Waals surface area contributed by atoms with E-state index in [0.717, 1.165) is 0 Å². The van der Waals surface area contributed by atoms with Gasteiger partial charge in [0.25, 0.3) is 5.69 Å². The lowest BCUT2D eigenvalue weighted by Gasteiger charge is -2.23. The molecule has 1 heterocycles. The van der Waals surface area contributed by atoms with Gasteiger partial charge in [0.05, 0.1) is 23.7 Å². The highest BCUT2D eigenvalue weighted by molar-refractivity contribution is 6.05. The average Bonchev–Trinajstić information content (AvgIpc) is 2.85. The molecule has 8 heteroatoms. The van der Waals surface area contributed by atoms with Crippen molar-refractivity contribution in [2.45, 2.75) is 13.8 Å². The van der Waals surface area contributed by atoms with E-state index in [-0.39, 0.29) is 30.2 Å². The highest BCUT2D eigenvalue weighted by Crippen LogP contribution is 2.28. The van der Waals surface area contributed by atoms with Crippen molar-refractivity contribution in [2.24, 2.45) is 0 Å². The third-order valence-corrected chi connectivity index (χ3v) is 3.41. The van der Waals surface area contributed by atoms with Gasteiger partial charge in [-0.2, -0.15) is 0 Å². The number of ether oxygens (including phenoxy) is 2. The zero-order chi connectivity index (χ0) is 19.1. The number of hydrogen-bond donors (Lipinski definition) is 0. The molecular weight excluding hydrogens is 340 g/mol. The molecule has 1 aliphatic rings. The van der Waals surface area contributed by atoms with Gasteiger partial charge in [0.1, 0.15) is 5.70 Å². The van der Waals surface area contributed by atoms with Crippen molar-refractivity contribution in [1.29, 1.82) is 0 Å². The number of carbonyl (C=O) groups excluding carboxylic acids is 2. The second-order valence-corrected chi connectivity index (χ2v) is 5.05. The minimum atomic E-state index is -0.704. The fourth-order valence-corrected chi connectivity index (χ4v) is 2.30. The van der Waals surface area contributed by atoms with E-state index in [1.165, 1.54) is 35.2 Å². The van der Waals surface area contributed by atoms with Crippen LogP contribution in [0.5, 0.6) is 0 Å². The molecule has 8 nitrogen and oxygen atoms in total. The minimum absolute atomic E-state index is 0.0239. The van der Waals surface area contributed by atoms with Gasteiger partial charge in [0.2, 0.25) is 0 Å². The summed E-state index contributed by atoms with van der Waals surface area (Å²) in [6.07, 6.45) is 6.26. The quantitative estimate of drug-likeness (QED) is 0.438. The Balaban J connectivity index is 2.56. The van der Waals surface area contributed by atoms with Crippen LogP contribution in [0.4, 0.5) is 11.4 Å². The molecule has 1 aromatic rings. The fraction of sp³-hybridized carbons (Fsp3) is 0.222. The molecule has 136 valence electrons. The number of allylic oxidation sites excluding steroid dienone is 2. The summed E-state index contributed by atoms with van der Waals surface area (Å²) in [7, 11) is 0. The third-order valence-electron chi connectivity index (χ3n) is 3.41. The van der Waals surface area contributed by atoms with Gasteiger partial charge >= 0.3 is 11.9 Å². The van der Waals surface area contributed by atoms with E-state index in [9.17, 15) is 19.7 Å². The Kier molecular flexibility index (Phi) is 6.26. The summed E-state index contributed by atoms with van der Waals surface area (Å²) in [4.78, 5) is 36.6. The molecule has 0 bridgehead atoms. The monoisotopic (exact) mass is 358 g/mol. The standard InChI is InChI=1S/C18H18N2O6/c1-3-25-17(21)15-7-5-6-12-19(16(15)18(22)26-4-2)13-8-10-14(11-9-13)20(23)24/h5-12H,3-4H2,1-2H3. The van der Waals surface area contributed by atoms with Crippen LogP contribution in [0.15, 0.2) is 60.0 Å². The summed E-state index contributed by atoms with van der Waals surface area (Å²) >= 11 is 0. The topological polar surface area (TPSA) is 99.0 Å². The maximum absolute atomic E-state index is 12.5. The van der Waals surface area contributed by atoms with Crippen molar-refractivity contribution >= 4 is 23.3 Å². The van der Waals surface area contributed by atoms with Gasteiger partial charge in [-0.1, -0.05) is 6.08 Å². The Hall–Kier alpha value is -3.42. The number of carbonyl (C=O) groups is 2. The Bertz CT molecular complexity index is 792. The molecular formula is C18H18N2O6. The molecule has 1 aliphatic heterocycles. The fourth-order valence-electron chi connectivity index (χ4n) is 2.30. The Morgan fingerprint density at radius 3 is 2.23 bits per heavy atom. The number of anilines is 1. The van der Waals surface area contributed by atoms with Gasteiger partial charge in [-0.25, -0.2) is 9.59 Å². The Morgan fingerprint density at radius 2 is 1.65 bits per heavy atom. The lowest BCUT2D eigenvalue weighted by molar-refractivity contribution is -0.384. The first kappa shape index (κ1) is 18.9. The van der Waals surface area contributed by atoms with E-state index in [4.69, 9.17) is 9.47 Å². The number of non-ortho nitro benzene ring substituents is 1. The molecule has 0 aliphatic carbocycles. The van der Waals surface area contributed by atoms with Crippen LogP contribution in [0, 0.1) is 10.1 Å². The molecule has 0 atom stereocenters. The largest absolute Gasteiger partial charge is 0.462 e. The average molecular weight is 358 g/mol. The number of nitrogens with zero attached hydrogens (tertiary/aromatic N) is 2. The molecule has 0 saturated heterocycles. The van der Waals surface area contributed by atoms with Crippen molar-refractivity contribution in [3.63, 3.8) is 0 Å². The van der Waals surface area contributed by atoms with E-state index in [2.05, 4.69) is 0 Å². The summed E-state index contributed by atoms with van der Waals surface area (Å²) in [5.74, 6) is -1.37. The van der Waals surface area contributed by atoms with E-state index in [0.29, 0.717) is 5.69 Å². The van der Waals surface area contributed by atoms with Crippen molar-refractivity contribution in [3.8, 4) is 0 Å². The maximum atomic E-state index is 12.5. The van der Waals surface area contributed by atoms with Gasteiger partial charge in [-0.05, 0) is 38.1 Å². The van der Waals surface area contributed by atoms with E-state index in [1.807, 2.05) is 0 Å². The number of nitro benzene ring substituents is 1. The van der Waals surface area contributed by atoms with Crippen LogP contribution in [0.1, 0.15) is 13.8 Å². The van der Waals surface area contributed by atoms with Crippen LogP contribution in [0.3, 0.4) is 0 Å². The molecule has 0 unspecified atom stereocenters. The van der Waals surface area contributed by atoms with Crippen LogP contribution in [0.25, 0.3) is 0 Å². The van der Waals surface area contributed by atoms with Gasteiger partial charge < -0.3 is 14.4 Å². The summed E-state index contributed by atoms with van der Waals surface area (Å²) in [6.45, 7) is 3.59. The number of rotatable bonds is 6. The molecule has 0 spiro atoms. The van der Waals surface area contributed by atoms with Crippen LogP contribution in [0.2, 0.25) is 0 Å². The molecule has 26 heavy (non-hydrogen) atoms. The summed E-state index contributed by atoms with van der Waals surface area (Å²) in [5, 5.41) is 10.8. The molecule has 0 saturated carbocycles. The minimum Gasteiger partial charge on any atom is -0.462 e. The first-order valence-electron chi connectivity index (χ1n) is 7.96. The summed E-state index contributed by atoms with van der Waals surface area (Å²) in [5.41, 5.74) is 0.385. The smallest absolute Gasteiger partial charge is 0.356 e. The molecule has 0 N–H and O–H groups in total. The first-order valence-corrected chi connectivity index (χ1v) is 7.96. The highest BCUT2D eigenvalue weighted by atomic mass is 16.6. The molecule has 0 fully saturated rings. The number of hydrogen-bond acceptors (Lipinski definition) is 7. The van der Waals surface area contributed by atoms with Crippen LogP contribution in [-0.2, 0) is 19.1 Å². The number of benzene rings is 1. The molecule has 2 rings (SSSR count). The molecule has 1 aromatic carbocycles. The lowest BCUT2D eigenvalue weighted by atomic mass is 10.1. The van der Waals surface area contributed by atoms with E-state index < -0.39 is 16.9 Å². The van der Waals surface area contributed by atoms with Crippen molar-refractivity contribution in [1.82, 2.24) is 0 Å². The SMILES string of the molecule is CCOC(=O)C1=C(C(=O)OCC)N(c2ccc([N+](=O)[O-])cc2)C=CC=C1. The normalized spacial score (nSPS) is 13.4. The van der Waals surface area contributed by atoms with Gasteiger partial charge in [0, 0.05) is 24.0 Å². The van der Waals surface area contributed by atoms with Crippen LogP contribution >= 0.6 is 0 Å². The molecule has 0 radical (unpaired) electrons. The summed E-state index contributed by atoms with van der Waals surface area (Å²) in [6, 6.07) is 5.59. The number of esters is 2. The third kappa shape index (κ3) is 4.15. The van der Waals surface area contributed by atoms with Crippen molar-refractivity contribution < 1.29 is 24.0 Å². The predicted octanol–water partition coefficient (Wildman–Crippen LogP) is 2.87. The van der Waals surface area contributed by atoms with Gasteiger partial charge in [-0.3, -0.25) is 10.1 Å². The van der Waals surface area contributed by atoms with E-state index >= 15 is 0 Å². The second kappa shape index (κ2) is 8.61. The van der Waals surface area contributed by atoms with Crippen LogP contribution in [-0.4, -0.2) is 30.1 Å². The van der Waals surface area contributed by atoms with Crippen LogP contribution < -0.4 is 4.90 Å². The molecule has 0 aromatic heterocycles. The summed E-state index contributed by atoms with van der Waals surface area (Å²) < 4.78 is 10.1. The molecule has 0 amide bonds. The van der Waals surface area contributed by atoms with Crippen molar-refractivity contribution in [2.75, 3.05) is 18.1 Å². The second-order valence-electron chi connectivity index (χ2n) is 5.05. The highest BCUT2D eigenvalue weighted by Gasteiger charge is 2.28. The van der Waals surface area contributed by atoms with Gasteiger partial charge in [0.15, 0.2) is 0 Å². The lowest BCUT2D eigenvalue weighted by Crippen LogP contribution is -2.27. The Morgan fingerprint density at radius 1 is 1.04 bits per heavy atom. The zero-order valence-electron chi connectivity index (χ0n) is 14.4. The van der Waals surface area contributed by atoms with Crippen molar-refractivity contribution in [3.05, 3.63) is 70.1 Å². The van der Waals surface area contributed by atoms with E-state index in [1.54, 1.807) is 32.2 Å². The maximum Gasteiger partial charge on any atom is 0.356 e. The van der Waals surface area contributed by atoms with Gasteiger partial charge in [-0.15, -0.1) is 0 Å². The Labute approximate surface area is 150 Å². The first-order chi connectivity index (χ1) is 12.5. The number of nitro groups is 1. The predicted molar refractivity (Wildman–Crippen MR) is 94.1 cm³/mol.